The van der Waals surface area contributed by atoms with Gasteiger partial charge < -0.3 is 9.64 Å². The molecule has 33 heavy (non-hydrogen) atoms. The number of ether oxygens (including phenoxy) is 1. The molecule has 2 aromatic heterocycles. The van der Waals surface area contributed by atoms with Gasteiger partial charge in [-0.25, -0.2) is 9.83 Å². The average Bonchev–Trinajstić information content (AvgIpc) is 2.84. The van der Waals surface area contributed by atoms with Crippen molar-refractivity contribution >= 4 is 38.3 Å². The van der Waals surface area contributed by atoms with Crippen LogP contribution in [0.25, 0.3) is 38.0 Å². The molecular weight excluding hydrogens is 476 g/mol. The van der Waals surface area contributed by atoms with Gasteiger partial charge in [-0.05, 0) is 47.5 Å². The van der Waals surface area contributed by atoms with Crippen molar-refractivity contribution < 1.29 is 4.74 Å². The third-order valence-electron chi connectivity index (χ3n) is 5.94. The second kappa shape index (κ2) is 8.93. The van der Waals surface area contributed by atoms with Crippen LogP contribution in [0.5, 0.6) is 0 Å². The first-order valence-electron chi connectivity index (χ1n) is 11.0. The van der Waals surface area contributed by atoms with Gasteiger partial charge in [0.05, 0.1) is 24.3 Å². The fraction of sp³-hybridized carbons (Fsp3) is 0.222. The Kier molecular flexibility index (Phi) is 5.84. The summed E-state index contributed by atoms with van der Waals surface area (Å²) >= 11 is 3.82. The van der Waals surface area contributed by atoms with Crippen molar-refractivity contribution in [2.75, 3.05) is 18.0 Å². The molecule has 0 radical (unpaired) electrons. The van der Waals surface area contributed by atoms with Gasteiger partial charge >= 0.3 is 0 Å². The second-order valence-electron chi connectivity index (χ2n) is 8.41. The molecule has 0 spiro atoms. The number of nitrogens with zero attached hydrogens (tertiary/aromatic N) is 4. The van der Waals surface area contributed by atoms with E-state index in [1.54, 1.807) is 0 Å². The molecule has 2 atom stereocenters. The van der Waals surface area contributed by atoms with E-state index in [0.717, 1.165) is 56.5 Å². The molecule has 0 amide bonds. The maximum Gasteiger partial charge on any atom is 0.187 e. The van der Waals surface area contributed by atoms with Crippen molar-refractivity contribution in [3.8, 4) is 22.3 Å². The molecule has 3 heterocycles. The number of hydrogen-bond donors (Lipinski definition) is 0. The van der Waals surface area contributed by atoms with E-state index in [9.17, 15) is 0 Å². The Hall–Kier alpha value is -3.27. The molecule has 1 fully saturated rings. The van der Waals surface area contributed by atoms with E-state index in [0.29, 0.717) is 5.69 Å². The first-order valence-corrected chi connectivity index (χ1v) is 11.7. The molecule has 1 aliphatic rings. The zero-order valence-corrected chi connectivity index (χ0v) is 20.1. The van der Waals surface area contributed by atoms with Gasteiger partial charge in [-0.1, -0.05) is 42.5 Å². The Labute approximate surface area is 202 Å². The third kappa shape index (κ3) is 4.22. The van der Waals surface area contributed by atoms with Crippen LogP contribution < -0.4 is 4.90 Å². The minimum atomic E-state index is 0.195. The average molecular weight is 499 g/mol. The number of aromatic nitrogens is 2. The first-order chi connectivity index (χ1) is 16.0. The van der Waals surface area contributed by atoms with Crippen molar-refractivity contribution in [3.05, 3.63) is 82.9 Å². The summed E-state index contributed by atoms with van der Waals surface area (Å²) in [5.41, 5.74) is 5.66. The molecule has 1 saturated heterocycles. The maximum atomic E-state index is 7.17. The molecule has 0 bridgehead atoms. The van der Waals surface area contributed by atoms with Crippen molar-refractivity contribution in [2.24, 2.45) is 0 Å². The molecule has 2 aromatic carbocycles. The van der Waals surface area contributed by atoms with Crippen molar-refractivity contribution in [3.63, 3.8) is 0 Å². The van der Waals surface area contributed by atoms with Crippen LogP contribution >= 0.6 is 15.9 Å². The van der Waals surface area contributed by atoms with E-state index in [1.807, 2.05) is 42.7 Å². The SMILES string of the molecule is [C-]#[N+]c1ccc(-c2cccc3c(Br)c(-c4ccc(N5C[C@@H](C)O[C@@H](C)C5)nc4)cnc23)cc1. The van der Waals surface area contributed by atoms with Gasteiger partial charge in [0.15, 0.2) is 5.69 Å². The van der Waals surface area contributed by atoms with Crippen LogP contribution in [-0.2, 0) is 4.74 Å². The van der Waals surface area contributed by atoms with E-state index in [4.69, 9.17) is 21.3 Å². The summed E-state index contributed by atoms with van der Waals surface area (Å²) in [4.78, 5) is 15.3. The molecule has 0 N–H and O–H groups in total. The Balaban J connectivity index is 1.49. The number of halogens is 1. The van der Waals surface area contributed by atoms with Crippen molar-refractivity contribution in [1.82, 2.24) is 9.97 Å². The van der Waals surface area contributed by atoms with E-state index in [-0.39, 0.29) is 12.2 Å². The first kappa shape index (κ1) is 21.6. The fourth-order valence-electron chi connectivity index (χ4n) is 4.44. The normalized spacial score (nSPS) is 18.3. The Bertz CT molecular complexity index is 1340. The standard InChI is InChI=1S/C27H23BrN4O/c1-17-15-32(16-18(2)33-17)25-12-9-20(13-30-25)24-14-31-27-22(5-4-6-23(27)26(24)28)19-7-10-21(29-3)11-8-19/h4-14,17-18H,15-16H2,1-2H3/t17-,18+. The number of hydrogen-bond acceptors (Lipinski definition) is 4. The van der Waals surface area contributed by atoms with Crippen LogP contribution in [0.15, 0.2) is 71.5 Å². The van der Waals surface area contributed by atoms with E-state index in [2.05, 4.69) is 63.8 Å². The van der Waals surface area contributed by atoms with E-state index >= 15 is 0 Å². The highest BCUT2D eigenvalue weighted by Crippen LogP contribution is 2.37. The summed E-state index contributed by atoms with van der Waals surface area (Å²) in [6, 6.07) is 18.0. The summed E-state index contributed by atoms with van der Waals surface area (Å²) in [5.74, 6) is 0.968. The molecule has 5 rings (SSSR count). The number of anilines is 1. The number of para-hydroxylation sites is 1. The number of morpholine rings is 1. The van der Waals surface area contributed by atoms with Gasteiger partial charge in [0.25, 0.3) is 0 Å². The van der Waals surface area contributed by atoms with Gasteiger partial charge in [-0.2, -0.15) is 0 Å². The van der Waals surface area contributed by atoms with Crippen molar-refractivity contribution in [1.29, 1.82) is 0 Å². The zero-order chi connectivity index (χ0) is 22.9. The van der Waals surface area contributed by atoms with Crippen molar-refractivity contribution in [2.45, 2.75) is 26.1 Å². The summed E-state index contributed by atoms with van der Waals surface area (Å²) < 4.78 is 6.84. The largest absolute Gasteiger partial charge is 0.372 e. The van der Waals surface area contributed by atoms with E-state index in [1.165, 1.54) is 0 Å². The molecule has 6 heteroatoms. The topological polar surface area (TPSA) is 42.6 Å². The monoisotopic (exact) mass is 498 g/mol. The van der Waals surface area contributed by atoms with E-state index < -0.39 is 0 Å². The Morgan fingerprint density at radius 3 is 2.30 bits per heavy atom. The van der Waals surface area contributed by atoms with Crippen LogP contribution in [0.3, 0.4) is 0 Å². The highest BCUT2D eigenvalue weighted by Gasteiger charge is 2.23. The number of pyridine rings is 2. The molecule has 0 unspecified atom stereocenters. The molecular formula is C27H23BrN4O. The molecule has 0 saturated carbocycles. The lowest BCUT2D eigenvalue weighted by Crippen LogP contribution is -2.45. The second-order valence-corrected chi connectivity index (χ2v) is 9.21. The lowest BCUT2D eigenvalue weighted by atomic mass is 10.00. The predicted octanol–water partition coefficient (Wildman–Crippen LogP) is 6.89. The summed E-state index contributed by atoms with van der Waals surface area (Å²) in [7, 11) is 0. The predicted molar refractivity (Wildman–Crippen MR) is 137 cm³/mol. The summed E-state index contributed by atoms with van der Waals surface area (Å²) in [5, 5.41) is 1.04. The smallest absolute Gasteiger partial charge is 0.187 e. The van der Waals surface area contributed by atoms with Crippen LogP contribution in [0.2, 0.25) is 0 Å². The van der Waals surface area contributed by atoms with Crippen LogP contribution in [0.4, 0.5) is 11.5 Å². The molecule has 4 aromatic rings. The molecule has 5 nitrogen and oxygen atoms in total. The summed E-state index contributed by atoms with van der Waals surface area (Å²) in [6.45, 7) is 13.1. The summed E-state index contributed by atoms with van der Waals surface area (Å²) in [6.07, 6.45) is 4.21. The van der Waals surface area contributed by atoms with Gasteiger partial charge in [0, 0.05) is 52.0 Å². The van der Waals surface area contributed by atoms with Crippen LogP contribution in [0, 0.1) is 6.57 Å². The molecule has 1 aliphatic heterocycles. The minimum absolute atomic E-state index is 0.195. The zero-order valence-electron chi connectivity index (χ0n) is 18.5. The van der Waals surface area contributed by atoms with Gasteiger partial charge in [-0.3, -0.25) is 4.98 Å². The number of benzene rings is 2. The van der Waals surface area contributed by atoms with Crippen LogP contribution in [-0.4, -0.2) is 35.3 Å². The fourth-order valence-corrected chi connectivity index (χ4v) is 5.09. The minimum Gasteiger partial charge on any atom is -0.372 e. The third-order valence-corrected chi connectivity index (χ3v) is 6.80. The number of rotatable bonds is 3. The highest BCUT2D eigenvalue weighted by molar-refractivity contribution is 9.10. The lowest BCUT2D eigenvalue weighted by molar-refractivity contribution is -0.00545. The van der Waals surface area contributed by atoms with Gasteiger partial charge in [0.1, 0.15) is 5.82 Å². The van der Waals surface area contributed by atoms with Crippen LogP contribution in [0.1, 0.15) is 13.8 Å². The molecule has 164 valence electrons. The molecule has 0 aliphatic carbocycles. The Morgan fingerprint density at radius 2 is 1.64 bits per heavy atom. The maximum absolute atomic E-state index is 7.17. The highest BCUT2D eigenvalue weighted by atomic mass is 79.9. The van der Waals surface area contributed by atoms with Gasteiger partial charge in [-0.15, -0.1) is 0 Å². The Morgan fingerprint density at radius 1 is 0.909 bits per heavy atom. The quantitative estimate of drug-likeness (QED) is 0.288. The van der Waals surface area contributed by atoms with Gasteiger partial charge in [0.2, 0.25) is 0 Å². The number of fused-ring (bicyclic) bond motifs is 1. The lowest BCUT2D eigenvalue weighted by Gasteiger charge is -2.36.